The lowest BCUT2D eigenvalue weighted by molar-refractivity contribution is 0.506. The molecular weight excluding hydrogens is 330 g/mol. The number of benzene rings is 2. The molecule has 0 aliphatic rings. The van der Waals surface area contributed by atoms with Gasteiger partial charge < -0.3 is 0 Å². The lowest BCUT2D eigenvalue weighted by Gasteiger charge is -2.19. The van der Waals surface area contributed by atoms with Crippen LogP contribution in [0.15, 0.2) is 42.5 Å². The summed E-state index contributed by atoms with van der Waals surface area (Å²) in [7, 11) is -3.62. The molecule has 0 N–H and O–H groups in total. The van der Waals surface area contributed by atoms with Gasteiger partial charge in [-0.2, -0.15) is 0 Å². The Kier molecular flexibility index (Phi) is 4.87. The fraction of sp³-hybridized carbons (Fsp3) is 0.250. The van der Waals surface area contributed by atoms with Gasteiger partial charge in [-0.1, -0.05) is 29.8 Å². The third-order valence-electron chi connectivity index (χ3n) is 3.74. The molecule has 0 aromatic heterocycles. The first-order valence-electron chi connectivity index (χ1n) is 6.66. The smallest absolute Gasteiger partial charge is 0.163 e. The van der Waals surface area contributed by atoms with Crippen LogP contribution in [0.4, 0.5) is 8.78 Å². The van der Waals surface area contributed by atoms with Crippen LogP contribution in [-0.4, -0.2) is 8.42 Å². The van der Waals surface area contributed by atoms with E-state index in [0.29, 0.717) is 10.6 Å². The largest absolute Gasteiger partial charge is 0.228 e. The van der Waals surface area contributed by atoms with Gasteiger partial charge in [0.1, 0.15) is 0 Å². The van der Waals surface area contributed by atoms with E-state index in [-0.39, 0.29) is 5.56 Å². The Morgan fingerprint density at radius 1 is 0.864 bits per heavy atom. The predicted molar refractivity (Wildman–Crippen MR) is 83.6 cm³/mol. The van der Waals surface area contributed by atoms with Gasteiger partial charge in [-0.3, -0.25) is 0 Å². The van der Waals surface area contributed by atoms with Crippen LogP contribution in [-0.2, 0) is 9.84 Å². The Hall–Kier alpha value is -1.46. The maximum absolute atomic E-state index is 13.3. The lowest BCUT2D eigenvalue weighted by atomic mass is 10.1. The van der Waals surface area contributed by atoms with Gasteiger partial charge in [0.25, 0.3) is 0 Å². The molecule has 0 amide bonds. The van der Waals surface area contributed by atoms with Crippen LogP contribution in [0.3, 0.4) is 0 Å². The van der Waals surface area contributed by atoms with Crippen LogP contribution >= 0.6 is 11.6 Å². The zero-order chi connectivity index (χ0) is 16.5. The van der Waals surface area contributed by atoms with Crippen molar-refractivity contribution in [2.45, 2.75) is 24.3 Å². The predicted octanol–water partition coefficient (Wildman–Crippen LogP) is 4.86. The Labute approximate surface area is 133 Å². The Bertz CT molecular complexity index is 773. The average molecular weight is 345 g/mol. The van der Waals surface area contributed by atoms with Gasteiger partial charge in [0.15, 0.2) is 21.5 Å². The van der Waals surface area contributed by atoms with E-state index >= 15 is 0 Å². The lowest BCUT2D eigenvalue weighted by Crippen LogP contribution is -2.17. The van der Waals surface area contributed by atoms with E-state index in [4.69, 9.17) is 11.6 Å². The number of hydrogen-bond donors (Lipinski definition) is 0. The molecule has 118 valence electrons. The Morgan fingerprint density at radius 3 is 1.91 bits per heavy atom. The van der Waals surface area contributed by atoms with Crippen LogP contribution in [0.5, 0.6) is 0 Å². The molecule has 0 heterocycles. The van der Waals surface area contributed by atoms with Gasteiger partial charge in [0.05, 0.1) is 10.5 Å². The molecule has 0 unspecified atom stereocenters. The Morgan fingerprint density at radius 2 is 1.36 bits per heavy atom. The van der Waals surface area contributed by atoms with E-state index in [1.807, 2.05) is 0 Å². The zero-order valence-corrected chi connectivity index (χ0v) is 13.6. The standard InChI is InChI=1S/C16H15ClF2O2S/c1-10(12-3-6-14(17)7-4-12)22(20,21)11(2)13-5-8-15(18)16(19)9-13/h3-11H,1-2H3/t10-,11-/m0/s1. The van der Waals surface area contributed by atoms with Crippen molar-refractivity contribution in [2.75, 3.05) is 0 Å². The third-order valence-corrected chi connectivity index (χ3v) is 6.51. The summed E-state index contributed by atoms with van der Waals surface area (Å²) in [6, 6.07) is 9.66. The normalized spacial score (nSPS) is 14.6. The van der Waals surface area contributed by atoms with Crippen molar-refractivity contribution in [3.63, 3.8) is 0 Å². The molecular formula is C16H15ClF2O2S. The highest BCUT2D eigenvalue weighted by Crippen LogP contribution is 2.34. The van der Waals surface area contributed by atoms with Crippen LogP contribution in [0.2, 0.25) is 5.02 Å². The first-order chi connectivity index (χ1) is 10.2. The van der Waals surface area contributed by atoms with E-state index in [9.17, 15) is 17.2 Å². The number of rotatable bonds is 4. The number of sulfone groups is 1. The second-order valence-electron chi connectivity index (χ2n) is 5.10. The van der Waals surface area contributed by atoms with Gasteiger partial charge in [-0.15, -0.1) is 0 Å². The monoisotopic (exact) mass is 344 g/mol. The summed E-state index contributed by atoms with van der Waals surface area (Å²) in [6.07, 6.45) is 0. The van der Waals surface area contributed by atoms with E-state index in [2.05, 4.69) is 0 Å². The van der Waals surface area contributed by atoms with Gasteiger partial charge in [-0.25, -0.2) is 17.2 Å². The number of halogens is 3. The van der Waals surface area contributed by atoms with Crippen molar-refractivity contribution in [3.8, 4) is 0 Å². The summed E-state index contributed by atoms with van der Waals surface area (Å²) >= 11 is 5.79. The van der Waals surface area contributed by atoms with Crippen molar-refractivity contribution in [3.05, 3.63) is 70.2 Å². The first-order valence-corrected chi connectivity index (χ1v) is 8.65. The van der Waals surface area contributed by atoms with Crippen molar-refractivity contribution in [1.82, 2.24) is 0 Å². The molecule has 6 heteroatoms. The minimum absolute atomic E-state index is 0.222. The van der Waals surface area contributed by atoms with Crippen LogP contribution < -0.4 is 0 Å². The highest BCUT2D eigenvalue weighted by molar-refractivity contribution is 7.91. The molecule has 2 atom stereocenters. The molecule has 0 radical (unpaired) electrons. The zero-order valence-electron chi connectivity index (χ0n) is 12.1. The number of hydrogen-bond acceptors (Lipinski definition) is 2. The van der Waals surface area contributed by atoms with E-state index in [1.54, 1.807) is 31.2 Å². The third kappa shape index (κ3) is 3.31. The topological polar surface area (TPSA) is 34.1 Å². The van der Waals surface area contributed by atoms with E-state index in [0.717, 1.165) is 12.1 Å². The van der Waals surface area contributed by atoms with Gasteiger partial charge >= 0.3 is 0 Å². The van der Waals surface area contributed by atoms with Gasteiger partial charge in [0.2, 0.25) is 0 Å². The molecule has 2 rings (SSSR count). The highest BCUT2D eigenvalue weighted by atomic mass is 35.5. The minimum Gasteiger partial charge on any atom is -0.228 e. The van der Waals surface area contributed by atoms with Gasteiger partial charge in [-0.05, 0) is 49.2 Å². The van der Waals surface area contributed by atoms with Crippen LogP contribution in [0.1, 0.15) is 35.5 Å². The summed E-state index contributed by atoms with van der Waals surface area (Å²) in [4.78, 5) is 0. The van der Waals surface area contributed by atoms with E-state index in [1.165, 1.54) is 13.0 Å². The molecule has 0 aliphatic carbocycles. The quantitative estimate of drug-likeness (QED) is 0.794. The molecule has 22 heavy (non-hydrogen) atoms. The Balaban J connectivity index is 2.35. The molecule has 0 saturated carbocycles. The fourth-order valence-electron chi connectivity index (χ4n) is 2.18. The average Bonchev–Trinajstić information content (AvgIpc) is 2.49. The van der Waals surface area contributed by atoms with E-state index < -0.39 is 32.0 Å². The van der Waals surface area contributed by atoms with Crippen molar-refractivity contribution in [1.29, 1.82) is 0 Å². The minimum atomic E-state index is -3.62. The van der Waals surface area contributed by atoms with Crippen molar-refractivity contribution in [2.24, 2.45) is 0 Å². The van der Waals surface area contributed by atoms with Gasteiger partial charge in [0, 0.05) is 5.02 Å². The van der Waals surface area contributed by atoms with Crippen LogP contribution in [0.25, 0.3) is 0 Å². The maximum Gasteiger partial charge on any atom is 0.163 e. The fourth-order valence-corrected chi connectivity index (χ4v) is 3.99. The summed E-state index contributed by atoms with van der Waals surface area (Å²) in [5.41, 5.74) is 0.818. The second-order valence-corrected chi connectivity index (χ2v) is 8.13. The molecule has 0 fully saturated rings. The molecule has 2 nitrogen and oxygen atoms in total. The molecule has 0 saturated heterocycles. The van der Waals surface area contributed by atoms with Crippen LogP contribution in [0, 0.1) is 11.6 Å². The second kappa shape index (κ2) is 6.34. The van der Waals surface area contributed by atoms with Crippen molar-refractivity contribution >= 4 is 21.4 Å². The molecule has 2 aromatic rings. The SMILES string of the molecule is C[C@@H](c1ccc(Cl)cc1)S(=O)(=O)[C@@H](C)c1ccc(F)c(F)c1. The summed E-state index contributed by atoms with van der Waals surface area (Å²) in [5.74, 6) is -2.06. The molecule has 0 bridgehead atoms. The first kappa shape index (κ1) is 16.9. The highest BCUT2D eigenvalue weighted by Gasteiger charge is 2.30. The summed E-state index contributed by atoms with van der Waals surface area (Å²) in [6.45, 7) is 3.03. The summed E-state index contributed by atoms with van der Waals surface area (Å²) < 4.78 is 51.6. The molecule has 0 aliphatic heterocycles. The molecule has 0 spiro atoms. The molecule has 2 aromatic carbocycles. The summed E-state index contributed by atoms with van der Waals surface area (Å²) in [5, 5.41) is -1.22. The maximum atomic E-state index is 13.3. The van der Waals surface area contributed by atoms with Crippen molar-refractivity contribution < 1.29 is 17.2 Å².